The Morgan fingerprint density at radius 1 is 1.48 bits per heavy atom. The smallest absolute Gasteiger partial charge is 0.323 e. The Bertz CT molecular complexity index is 622. The summed E-state index contributed by atoms with van der Waals surface area (Å²) in [4.78, 5) is 35.4. The number of amides is 1. The van der Waals surface area contributed by atoms with E-state index in [2.05, 4.69) is 0 Å². The van der Waals surface area contributed by atoms with Gasteiger partial charge in [0.25, 0.3) is 5.91 Å². The highest BCUT2D eigenvalue weighted by atomic mass is 16.5. The van der Waals surface area contributed by atoms with E-state index in [1.807, 2.05) is 0 Å². The van der Waals surface area contributed by atoms with Gasteiger partial charge in [-0.1, -0.05) is 0 Å². The van der Waals surface area contributed by atoms with Gasteiger partial charge < -0.3 is 14.6 Å². The van der Waals surface area contributed by atoms with Crippen LogP contribution in [0.1, 0.15) is 24.2 Å². The predicted octanol–water partition coefficient (Wildman–Crippen LogP) is 1.10. The second-order valence-electron chi connectivity index (χ2n) is 5.09. The summed E-state index contributed by atoms with van der Waals surface area (Å²) >= 11 is 0. The fraction of sp³-hybridized carbons (Fsp3) is 0.357. The molecule has 0 atom stereocenters. The average molecular weight is 293 g/mol. The van der Waals surface area contributed by atoms with Gasteiger partial charge in [0.15, 0.2) is 17.1 Å². The summed E-state index contributed by atoms with van der Waals surface area (Å²) in [6, 6.07) is 2.87. The molecule has 0 bridgehead atoms. The van der Waals surface area contributed by atoms with E-state index < -0.39 is 24.0 Å². The maximum absolute atomic E-state index is 12.4. The molecule has 0 fully saturated rings. The molecule has 1 aliphatic rings. The molecule has 2 rings (SSSR count). The summed E-state index contributed by atoms with van der Waals surface area (Å²) in [6.07, 6.45) is 0.589. The lowest BCUT2D eigenvalue weighted by atomic mass is 10.0. The van der Waals surface area contributed by atoms with E-state index in [9.17, 15) is 14.4 Å². The van der Waals surface area contributed by atoms with Crippen LogP contribution in [0, 0.1) is 0 Å². The summed E-state index contributed by atoms with van der Waals surface area (Å²) in [5, 5.41) is 9.00. The van der Waals surface area contributed by atoms with Gasteiger partial charge in [0, 0.05) is 5.56 Å². The van der Waals surface area contributed by atoms with Crippen molar-refractivity contribution in [2.45, 2.75) is 19.4 Å². The number of aldehydes is 1. The van der Waals surface area contributed by atoms with Crippen LogP contribution in [0.25, 0.3) is 0 Å². The zero-order valence-corrected chi connectivity index (χ0v) is 11.9. The molecule has 0 radical (unpaired) electrons. The van der Waals surface area contributed by atoms with Crippen LogP contribution in [0.15, 0.2) is 12.1 Å². The lowest BCUT2D eigenvalue weighted by Gasteiger charge is -2.38. The number of nitrogens with zero attached hydrogens (tertiary/aromatic N) is 1. The first kappa shape index (κ1) is 14.8. The van der Waals surface area contributed by atoms with Crippen LogP contribution in [0.5, 0.6) is 11.5 Å². The summed E-state index contributed by atoms with van der Waals surface area (Å²) < 4.78 is 10.8. The second-order valence-corrected chi connectivity index (χ2v) is 5.09. The first-order chi connectivity index (χ1) is 9.80. The maximum Gasteiger partial charge on any atom is 0.323 e. The van der Waals surface area contributed by atoms with Gasteiger partial charge in [-0.25, -0.2) is 0 Å². The molecule has 21 heavy (non-hydrogen) atoms. The number of carbonyl (C=O) groups is 3. The van der Waals surface area contributed by atoms with Crippen LogP contribution in [0.3, 0.4) is 0 Å². The number of anilines is 1. The highest BCUT2D eigenvalue weighted by Gasteiger charge is 2.43. The number of methoxy groups -OCH3 is 1. The van der Waals surface area contributed by atoms with Crippen molar-refractivity contribution < 1.29 is 29.0 Å². The number of carbonyl (C=O) groups excluding carboxylic acids is 2. The molecule has 112 valence electrons. The molecular formula is C14H15NO6. The van der Waals surface area contributed by atoms with Crippen LogP contribution in [-0.2, 0) is 9.59 Å². The first-order valence-electron chi connectivity index (χ1n) is 6.20. The highest BCUT2D eigenvalue weighted by Crippen LogP contribution is 2.44. The molecular weight excluding hydrogens is 278 g/mol. The van der Waals surface area contributed by atoms with Gasteiger partial charge in [-0.05, 0) is 26.0 Å². The van der Waals surface area contributed by atoms with Crippen molar-refractivity contribution >= 4 is 23.9 Å². The topological polar surface area (TPSA) is 93.1 Å². The second kappa shape index (κ2) is 5.08. The number of carboxylic acids is 1. The van der Waals surface area contributed by atoms with Crippen molar-refractivity contribution in [3.05, 3.63) is 17.7 Å². The number of rotatable bonds is 4. The quantitative estimate of drug-likeness (QED) is 0.835. The van der Waals surface area contributed by atoms with Crippen molar-refractivity contribution in [2.24, 2.45) is 0 Å². The van der Waals surface area contributed by atoms with E-state index in [-0.39, 0.29) is 22.7 Å². The molecule has 1 N–H and O–H groups in total. The maximum atomic E-state index is 12.4. The molecule has 1 aromatic carbocycles. The average Bonchev–Trinajstić information content (AvgIpc) is 2.42. The fourth-order valence-corrected chi connectivity index (χ4v) is 2.16. The third kappa shape index (κ3) is 2.54. The van der Waals surface area contributed by atoms with Gasteiger partial charge >= 0.3 is 5.97 Å². The lowest BCUT2D eigenvalue weighted by Crippen LogP contribution is -2.54. The molecule has 0 aromatic heterocycles. The van der Waals surface area contributed by atoms with Gasteiger partial charge in [0.1, 0.15) is 12.8 Å². The standard InChI is InChI=1S/C14H15NO6/c1-14(2)13(19)15(6-11(17)18)9-4-8(7-16)5-10(20-3)12(9)21-14/h4-5,7H,6H2,1-3H3,(H,17,18). The summed E-state index contributed by atoms with van der Waals surface area (Å²) in [7, 11) is 1.40. The minimum absolute atomic E-state index is 0.211. The van der Waals surface area contributed by atoms with Crippen molar-refractivity contribution in [1.29, 1.82) is 0 Å². The van der Waals surface area contributed by atoms with Crippen molar-refractivity contribution in [1.82, 2.24) is 0 Å². The molecule has 1 heterocycles. The number of hydrogen-bond acceptors (Lipinski definition) is 5. The molecule has 0 saturated heterocycles. The Hall–Kier alpha value is -2.57. The zero-order chi connectivity index (χ0) is 15.8. The lowest BCUT2D eigenvalue weighted by molar-refractivity contribution is -0.139. The van der Waals surface area contributed by atoms with Crippen LogP contribution in [-0.4, -0.2) is 42.5 Å². The fourth-order valence-electron chi connectivity index (χ4n) is 2.16. The van der Waals surface area contributed by atoms with E-state index in [1.165, 1.54) is 19.2 Å². The normalized spacial score (nSPS) is 16.0. The van der Waals surface area contributed by atoms with Gasteiger partial charge in [-0.15, -0.1) is 0 Å². The van der Waals surface area contributed by atoms with Crippen molar-refractivity contribution in [3.8, 4) is 11.5 Å². The summed E-state index contributed by atoms with van der Waals surface area (Å²) in [6.45, 7) is 2.56. The zero-order valence-electron chi connectivity index (χ0n) is 11.9. The Labute approximate surface area is 121 Å². The number of carboxylic acid groups (broad SMARTS) is 1. The van der Waals surface area contributed by atoms with E-state index in [4.69, 9.17) is 14.6 Å². The molecule has 0 spiro atoms. The number of aliphatic carboxylic acids is 1. The molecule has 0 saturated carbocycles. The number of benzene rings is 1. The summed E-state index contributed by atoms with van der Waals surface area (Å²) in [5.41, 5.74) is -0.751. The minimum Gasteiger partial charge on any atom is -0.493 e. The van der Waals surface area contributed by atoms with E-state index in [0.717, 1.165) is 4.90 Å². The van der Waals surface area contributed by atoms with Crippen LogP contribution in [0.4, 0.5) is 5.69 Å². The number of fused-ring (bicyclic) bond motifs is 1. The minimum atomic E-state index is -1.22. The predicted molar refractivity (Wildman–Crippen MR) is 73.1 cm³/mol. The van der Waals surface area contributed by atoms with Crippen LogP contribution in [0.2, 0.25) is 0 Å². The third-order valence-corrected chi connectivity index (χ3v) is 3.12. The molecule has 0 aliphatic carbocycles. The molecule has 7 heteroatoms. The van der Waals surface area contributed by atoms with Gasteiger partial charge in [-0.3, -0.25) is 19.3 Å². The number of hydrogen-bond donors (Lipinski definition) is 1. The first-order valence-corrected chi connectivity index (χ1v) is 6.20. The van der Waals surface area contributed by atoms with Gasteiger partial charge in [-0.2, -0.15) is 0 Å². The molecule has 0 unspecified atom stereocenters. The van der Waals surface area contributed by atoms with E-state index in [1.54, 1.807) is 13.8 Å². The summed E-state index contributed by atoms with van der Waals surface area (Å²) in [5.74, 6) is -1.15. The Morgan fingerprint density at radius 2 is 2.14 bits per heavy atom. The molecule has 1 aliphatic heterocycles. The van der Waals surface area contributed by atoms with E-state index in [0.29, 0.717) is 6.29 Å². The third-order valence-electron chi connectivity index (χ3n) is 3.12. The Kier molecular flexibility index (Phi) is 3.59. The molecule has 7 nitrogen and oxygen atoms in total. The molecule has 1 aromatic rings. The van der Waals surface area contributed by atoms with Crippen LogP contribution >= 0.6 is 0 Å². The van der Waals surface area contributed by atoms with Gasteiger partial charge in [0.05, 0.1) is 12.8 Å². The monoisotopic (exact) mass is 293 g/mol. The molecule has 1 amide bonds. The van der Waals surface area contributed by atoms with Crippen molar-refractivity contribution in [3.63, 3.8) is 0 Å². The SMILES string of the molecule is COc1cc(C=O)cc2c1OC(C)(C)C(=O)N2CC(=O)O. The van der Waals surface area contributed by atoms with E-state index >= 15 is 0 Å². The highest BCUT2D eigenvalue weighted by molar-refractivity contribution is 6.06. The Balaban J connectivity index is 2.67. The van der Waals surface area contributed by atoms with Gasteiger partial charge in [0.2, 0.25) is 0 Å². The van der Waals surface area contributed by atoms with Crippen LogP contribution < -0.4 is 14.4 Å². The number of ether oxygens (including phenoxy) is 2. The Morgan fingerprint density at radius 3 is 2.67 bits per heavy atom. The largest absolute Gasteiger partial charge is 0.493 e. The van der Waals surface area contributed by atoms with Crippen molar-refractivity contribution in [2.75, 3.05) is 18.6 Å².